The maximum absolute atomic E-state index is 12.0. The van der Waals surface area contributed by atoms with Crippen LogP contribution in [-0.4, -0.2) is 59.9 Å². The van der Waals surface area contributed by atoms with E-state index in [0.717, 1.165) is 58.3 Å². The van der Waals surface area contributed by atoms with Gasteiger partial charge < -0.3 is 30.2 Å². The molecule has 0 bridgehead atoms. The summed E-state index contributed by atoms with van der Waals surface area (Å²) in [4.78, 5) is 17.2. The number of aliphatic hydroxyl groups is 1. The van der Waals surface area contributed by atoms with Gasteiger partial charge in [0.05, 0.1) is 12.7 Å². The van der Waals surface area contributed by atoms with Crippen molar-refractivity contribution in [3.8, 4) is 5.75 Å². The van der Waals surface area contributed by atoms with Crippen LogP contribution in [0.25, 0.3) is 10.9 Å². The molecule has 3 atom stereocenters. The minimum absolute atomic E-state index is 0.0159. The molecule has 2 aromatic carbocycles. The first-order valence-corrected chi connectivity index (χ1v) is 12.2. The Bertz CT molecular complexity index is 1220. The molecule has 0 radical (unpaired) electrons. The standard InChI is InChI=1S/C28H37N3O4/c1-17-11-18(2)25-23(26(27(32)33)30-24(25)12-17)15-29-21-9-10-28(34,20(13-21)16-31(3)4)19-7-6-8-22(14-19)35-5/h6-8,11-12,14,20-21,29-30,34H,9-10,13,15-16H2,1-5H3,(H,32,33). The smallest absolute Gasteiger partial charge is 0.352 e. The number of aryl methyl sites for hydroxylation is 2. The third-order valence-corrected chi connectivity index (χ3v) is 7.40. The van der Waals surface area contributed by atoms with Crippen molar-refractivity contribution in [1.29, 1.82) is 0 Å². The predicted molar refractivity (Wildman–Crippen MR) is 138 cm³/mol. The number of rotatable bonds is 8. The molecule has 1 heterocycles. The number of hydrogen-bond acceptors (Lipinski definition) is 5. The van der Waals surface area contributed by atoms with Crippen molar-refractivity contribution in [2.75, 3.05) is 27.7 Å². The first-order valence-electron chi connectivity index (χ1n) is 12.2. The SMILES string of the molecule is COc1cccc(C2(O)CCC(NCc3c(C(=O)O)[nH]c4cc(C)cc(C)c34)CC2CN(C)C)c1. The molecular formula is C28H37N3O4. The summed E-state index contributed by atoms with van der Waals surface area (Å²) >= 11 is 0. The fourth-order valence-electron chi connectivity index (χ4n) is 5.79. The van der Waals surface area contributed by atoms with Crippen LogP contribution in [0.1, 0.15) is 52.0 Å². The van der Waals surface area contributed by atoms with E-state index in [4.69, 9.17) is 4.74 Å². The molecule has 0 aliphatic heterocycles. The highest BCUT2D eigenvalue weighted by molar-refractivity contribution is 5.98. The van der Waals surface area contributed by atoms with Gasteiger partial charge in [-0.3, -0.25) is 0 Å². The molecule has 0 amide bonds. The van der Waals surface area contributed by atoms with Crippen LogP contribution in [0.15, 0.2) is 36.4 Å². The van der Waals surface area contributed by atoms with Gasteiger partial charge in [0.2, 0.25) is 0 Å². The van der Waals surface area contributed by atoms with Crippen molar-refractivity contribution in [3.63, 3.8) is 0 Å². The lowest BCUT2D eigenvalue weighted by Crippen LogP contribution is -2.49. The molecule has 3 aromatic rings. The Morgan fingerprint density at radius 1 is 1.26 bits per heavy atom. The van der Waals surface area contributed by atoms with E-state index in [1.165, 1.54) is 0 Å². The average Bonchev–Trinajstić information content (AvgIpc) is 3.18. The highest BCUT2D eigenvalue weighted by Gasteiger charge is 2.43. The van der Waals surface area contributed by atoms with Crippen LogP contribution in [0, 0.1) is 19.8 Å². The molecule has 0 spiro atoms. The molecule has 7 heteroatoms. The van der Waals surface area contributed by atoms with E-state index < -0.39 is 11.6 Å². The molecule has 1 aliphatic rings. The summed E-state index contributed by atoms with van der Waals surface area (Å²) in [5.74, 6) is -0.190. The number of fused-ring (bicyclic) bond motifs is 1. The second-order valence-electron chi connectivity index (χ2n) is 10.3. The second kappa shape index (κ2) is 10.0. The van der Waals surface area contributed by atoms with Crippen LogP contribution in [0.5, 0.6) is 5.75 Å². The Balaban J connectivity index is 1.58. The molecule has 4 N–H and O–H groups in total. The topological polar surface area (TPSA) is 97.8 Å². The van der Waals surface area contributed by atoms with Gasteiger partial charge in [0.1, 0.15) is 11.4 Å². The Morgan fingerprint density at radius 3 is 2.71 bits per heavy atom. The Morgan fingerprint density at radius 2 is 2.03 bits per heavy atom. The third-order valence-electron chi connectivity index (χ3n) is 7.40. The lowest BCUT2D eigenvalue weighted by Gasteiger charge is -2.45. The monoisotopic (exact) mass is 479 g/mol. The Kier molecular flexibility index (Phi) is 7.22. The second-order valence-corrected chi connectivity index (χ2v) is 10.3. The first kappa shape index (κ1) is 25.2. The van der Waals surface area contributed by atoms with Gasteiger partial charge in [-0.15, -0.1) is 0 Å². The molecule has 35 heavy (non-hydrogen) atoms. The molecule has 188 valence electrons. The average molecular weight is 480 g/mol. The maximum Gasteiger partial charge on any atom is 0.352 e. The minimum Gasteiger partial charge on any atom is -0.497 e. The number of nitrogens with one attached hydrogen (secondary N) is 2. The van der Waals surface area contributed by atoms with Gasteiger partial charge in [-0.1, -0.05) is 18.2 Å². The van der Waals surface area contributed by atoms with Crippen molar-refractivity contribution in [2.45, 2.75) is 51.3 Å². The summed E-state index contributed by atoms with van der Waals surface area (Å²) in [6.45, 7) is 5.25. The predicted octanol–water partition coefficient (Wildman–Crippen LogP) is 4.20. The van der Waals surface area contributed by atoms with Crippen molar-refractivity contribution < 1.29 is 19.7 Å². The van der Waals surface area contributed by atoms with Crippen LogP contribution in [0.3, 0.4) is 0 Å². The summed E-state index contributed by atoms with van der Waals surface area (Å²) in [5, 5.41) is 26.3. The Labute approximate surface area is 207 Å². The number of aromatic nitrogens is 1. The fraction of sp³-hybridized carbons (Fsp3) is 0.464. The highest BCUT2D eigenvalue weighted by atomic mass is 16.5. The zero-order valence-corrected chi connectivity index (χ0v) is 21.3. The van der Waals surface area contributed by atoms with E-state index in [0.29, 0.717) is 13.0 Å². The number of nitrogens with zero attached hydrogens (tertiary/aromatic N) is 1. The van der Waals surface area contributed by atoms with Crippen LogP contribution < -0.4 is 10.1 Å². The largest absolute Gasteiger partial charge is 0.497 e. The minimum atomic E-state index is -0.948. The number of hydrogen-bond donors (Lipinski definition) is 4. The molecule has 1 fully saturated rings. The van der Waals surface area contributed by atoms with E-state index in [1.807, 2.05) is 58.3 Å². The molecule has 3 unspecified atom stereocenters. The quantitative estimate of drug-likeness (QED) is 0.387. The normalized spacial score (nSPS) is 22.6. The first-order chi connectivity index (χ1) is 16.6. The van der Waals surface area contributed by atoms with E-state index >= 15 is 0 Å². The van der Waals surface area contributed by atoms with Gasteiger partial charge >= 0.3 is 5.97 Å². The summed E-state index contributed by atoms with van der Waals surface area (Å²) in [6, 6.07) is 12.0. The fourth-order valence-corrected chi connectivity index (χ4v) is 5.79. The summed E-state index contributed by atoms with van der Waals surface area (Å²) < 4.78 is 5.41. The number of methoxy groups -OCH3 is 1. The van der Waals surface area contributed by atoms with Crippen molar-refractivity contribution in [1.82, 2.24) is 15.2 Å². The number of aromatic amines is 1. The number of ether oxygens (including phenoxy) is 1. The molecule has 7 nitrogen and oxygen atoms in total. The van der Waals surface area contributed by atoms with Gasteiger partial charge in [0.25, 0.3) is 0 Å². The van der Waals surface area contributed by atoms with Crippen LogP contribution in [0.2, 0.25) is 0 Å². The third kappa shape index (κ3) is 5.08. The zero-order chi connectivity index (χ0) is 25.3. The highest BCUT2D eigenvalue weighted by Crippen LogP contribution is 2.43. The lowest BCUT2D eigenvalue weighted by atomic mass is 9.69. The van der Waals surface area contributed by atoms with E-state index in [9.17, 15) is 15.0 Å². The van der Waals surface area contributed by atoms with Gasteiger partial charge in [0.15, 0.2) is 0 Å². The summed E-state index contributed by atoms with van der Waals surface area (Å²) in [7, 11) is 5.69. The number of carboxylic acid groups (broad SMARTS) is 1. The van der Waals surface area contributed by atoms with Gasteiger partial charge in [-0.2, -0.15) is 0 Å². The maximum atomic E-state index is 12.0. The number of carboxylic acids is 1. The molecule has 1 aliphatic carbocycles. The molecule has 1 saturated carbocycles. The number of H-pyrrole nitrogens is 1. The number of aromatic carboxylic acids is 1. The number of benzene rings is 2. The lowest BCUT2D eigenvalue weighted by molar-refractivity contribution is -0.0694. The summed E-state index contributed by atoms with van der Waals surface area (Å²) in [6.07, 6.45) is 2.20. The molecule has 4 rings (SSSR count). The molecular weight excluding hydrogens is 442 g/mol. The van der Waals surface area contributed by atoms with E-state index in [1.54, 1.807) is 7.11 Å². The van der Waals surface area contributed by atoms with Crippen LogP contribution in [-0.2, 0) is 12.1 Å². The van der Waals surface area contributed by atoms with Gasteiger partial charge in [-0.25, -0.2) is 4.79 Å². The number of carbonyl (C=O) groups is 1. The molecule has 0 saturated heterocycles. The molecule has 1 aromatic heterocycles. The van der Waals surface area contributed by atoms with Crippen molar-refractivity contribution >= 4 is 16.9 Å². The van der Waals surface area contributed by atoms with Crippen molar-refractivity contribution in [3.05, 3.63) is 64.3 Å². The Hall–Kier alpha value is -2.87. The van der Waals surface area contributed by atoms with Crippen molar-refractivity contribution in [2.24, 2.45) is 5.92 Å². The van der Waals surface area contributed by atoms with E-state index in [-0.39, 0.29) is 17.7 Å². The van der Waals surface area contributed by atoms with Gasteiger partial charge in [-0.05, 0) is 82.1 Å². The van der Waals surface area contributed by atoms with Crippen LogP contribution >= 0.6 is 0 Å². The summed E-state index contributed by atoms with van der Waals surface area (Å²) in [5.41, 5.74) is 4.01. The zero-order valence-electron chi connectivity index (χ0n) is 21.3. The van der Waals surface area contributed by atoms with Gasteiger partial charge in [0, 0.05) is 41.5 Å². The van der Waals surface area contributed by atoms with Crippen LogP contribution in [0.4, 0.5) is 0 Å². The van der Waals surface area contributed by atoms with E-state index in [2.05, 4.69) is 21.3 Å².